The number of rotatable bonds is 1. The van der Waals surface area contributed by atoms with Gasteiger partial charge in [0.15, 0.2) is 6.10 Å². The maximum Gasteiger partial charge on any atom is 0.277 e. The van der Waals surface area contributed by atoms with Crippen molar-refractivity contribution in [1.29, 1.82) is 0 Å². The van der Waals surface area contributed by atoms with Crippen molar-refractivity contribution in [3.63, 3.8) is 0 Å². The van der Waals surface area contributed by atoms with Crippen LogP contribution in [0.25, 0.3) is 0 Å². The summed E-state index contributed by atoms with van der Waals surface area (Å²) >= 11 is 0. The van der Waals surface area contributed by atoms with E-state index in [0.717, 1.165) is 0 Å². The van der Waals surface area contributed by atoms with Crippen LogP contribution in [0.3, 0.4) is 0 Å². The van der Waals surface area contributed by atoms with Gasteiger partial charge in [-0.3, -0.25) is 0 Å². The number of nitrogens with zero attached hydrogens (tertiary/aromatic N) is 1. The fourth-order valence-corrected chi connectivity index (χ4v) is 0.460. The van der Waals surface area contributed by atoms with Gasteiger partial charge in [0.25, 0.3) is 6.43 Å². The predicted octanol–water partition coefficient (Wildman–Crippen LogP) is 1.03. The van der Waals surface area contributed by atoms with E-state index in [0.29, 0.717) is 0 Å². The van der Waals surface area contributed by atoms with Crippen LogP contribution in [-0.2, 0) is 4.84 Å². The molecule has 0 spiro atoms. The lowest BCUT2D eigenvalue weighted by atomic mass is 10.3. The molecule has 0 N–H and O–H groups in total. The highest BCUT2D eigenvalue weighted by Crippen LogP contribution is 2.12. The third kappa shape index (κ3) is 0.936. The second-order valence-corrected chi connectivity index (χ2v) is 1.50. The molecule has 46 valence electrons. The van der Waals surface area contributed by atoms with Gasteiger partial charge in [-0.15, -0.1) is 0 Å². The molecule has 4 heteroatoms. The first-order valence-electron chi connectivity index (χ1n) is 2.26. The van der Waals surface area contributed by atoms with Crippen molar-refractivity contribution in [2.75, 3.05) is 0 Å². The quantitative estimate of drug-likeness (QED) is 0.507. The largest absolute Gasteiger partial charge is 0.386 e. The lowest BCUT2D eigenvalue weighted by Crippen LogP contribution is -2.15. The van der Waals surface area contributed by atoms with Crippen molar-refractivity contribution in [3.05, 3.63) is 0 Å². The molecular formula is C4H5F2NO. The second-order valence-electron chi connectivity index (χ2n) is 1.50. The lowest BCUT2D eigenvalue weighted by Gasteiger charge is -2.03. The zero-order valence-corrected chi connectivity index (χ0v) is 4.05. The molecule has 0 aliphatic carbocycles. The molecule has 0 saturated carbocycles. The van der Waals surface area contributed by atoms with E-state index in [-0.39, 0.29) is 6.42 Å². The molecule has 0 aromatic heterocycles. The molecule has 0 aromatic rings. The number of oxime groups is 1. The molecule has 1 rings (SSSR count). The van der Waals surface area contributed by atoms with E-state index in [1.54, 1.807) is 0 Å². The third-order valence-corrected chi connectivity index (χ3v) is 0.890. The number of hydrogen-bond donors (Lipinski definition) is 0. The van der Waals surface area contributed by atoms with Crippen molar-refractivity contribution < 1.29 is 13.6 Å². The van der Waals surface area contributed by atoms with Gasteiger partial charge in [-0.05, 0) is 0 Å². The first-order valence-corrected chi connectivity index (χ1v) is 2.26. The monoisotopic (exact) mass is 121 g/mol. The lowest BCUT2D eigenvalue weighted by molar-refractivity contribution is -0.0363. The summed E-state index contributed by atoms with van der Waals surface area (Å²) in [5, 5.41) is 3.18. The SMILES string of the molecule is FC(F)C1CC=NO1. The van der Waals surface area contributed by atoms with Crippen LogP contribution in [0.2, 0.25) is 0 Å². The molecule has 0 amide bonds. The maximum atomic E-state index is 11.5. The predicted molar refractivity (Wildman–Crippen MR) is 24.0 cm³/mol. The Labute approximate surface area is 45.1 Å². The second kappa shape index (κ2) is 2.07. The highest BCUT2D eigenvalue weighted by atomic mass is 19.3. The highest BCUT2D eigenvalue weighted by molar-refractivity contribution is 5.58. The van der Waals surface area contributed by atoms with Crippen molar-refractivity contribution in [2.24, 2.45) is 5.16 Å². The van der Waals surface area contributed by atoms with Gasteiger partial charge in [0, 0.05) is 12.6 Å². The van der Waals surface area contributed by atoms with Crippen LogP contribution in [0.1, 0.15) is 6.42 Å². The van der Waals surface area contributed by atoms with Gasteiger partial charge in [-0.2, -0.15) is 0 Å². The van der Waals surface area contributed by atoms with Gasteiger partial charge in [0.1, 0.15) is 0 Å². The average Bonchev–Trinajstić information content (AvgIpc) is 2.12. The fourth-order valence-electron chi connectivity index (χ4n) is 0.460. The van der Waals surface area contributed by atoms with Crippen LogP contribution in [0.15, 0.2) is 5.16 Å². The Morgan fingerprint density at radius 3 is 2.75 bits per heavy atom. The summed E-state index contributed by atoms with van der Waals surface area (Å²) in [6.45, 7) is 0. The summed E-state index contributed by atoms with van der Waals surface area (Å²) < 4.78 is 23.1. The van der Waals surface area contributed by atoms with Gasteiger partial charge in [-0.1, -0.05) is 5.16 Å². The first-order chi connectivity index (χ1) is 3.80. The van der Waals surface area contributed by atoms with Crippen LogP contribution in [0, 0.1) is 0 Å². The van der Waals surface area contributed by atoms with Crippen LogP contribution in [0.4, 0.5) is 8.78 Å². The molecule has 8 heavy (non-hydrogen) atoms. The normalized spacial score (nSPS) is 26.6. The van der Waals surface area contributed by atoms with E-state index < -0.39 is 12.5 Å². The van der Waals surface area contributed by atoms with Gasteiger partial charge in [0.2, 0.25) is 0 Å². The Morgan fingerprint density at radius 1 is 1.75 bits per heavy atom. The zero-order chi connectivity index (χ0) is 5.98. The number of hydrogen-bond acceptors (Lipinski definition) is 2. The summed E-state index contributed by atoms with van der Waals surface area (Å²) in [4.78, 5) is 4.23. The average molecular weight is 121 g/mol. The standard InChI is InChI=1S/C4H5F2NO/c5-4(6)3-1-2-7-8-3/h2-4H,1H2. The number of halogens is 2. The highest BCUT2D eigenvalue weighted by Gasteiger charge is 2.23. The molecule has 0 saturated heterocycles. The topological polar surface area (TPSA) is 21.6 Å². The van der Waals surface area contributed by atoms with E-state index in [1.807, 2.05) is 0 Å². The molecule has 0 fully saturated rings. The molecule has 1 aliphatic rings. The Morgan fingerprint density at radius 2 is 2.50 bits per heavy atom. The molecule has 0 radical (unpaired) electrons. The zero-order valence-electron chi connectivity index (χ0n) is 4.05. The minimum absolute atomic E-state index is 0.234. The Hall–Kier alpha value is -0.670. The molecule has 1 unspecified atom stereocenters. The van der Waals surface area contributed by atoms with Crippen molar-refractivity contribution in [3.8, 4) is 0 Å². The van der Waals surface area contributed by atoms with E-state index in [9.17, 15) is 8.78 Å². The van der Waals surface area contributed by atoms with E-state index in [2.05, 4.69) is 9.99 Å². The van der Waals surface area contributed by atoms with Crippen LogP contribution in [-0.4, -0.2) is 18.7 Å². The van der Waals surface area contributed by atoms with Crippen LogP contribution in [0.5, 0.6) is 0 Å². The molecule has 1 atom stereocenters. The Kier molecular flexibility index (Phi) is 1.41. The summed E-state index contributed by atoms with van der Waals surface area (Å²) in [5.74, 6) is 0. The summed E-state index contributed by atoms with van der Waals surface area (Å²) in [5.41, 5.74) is 0. The van der Waals surface area contributed by atoms with Crippen molar-refractivity contribution in [1.82, 2.24) is 0 Å². The molecule has 2 nitrogen and oxygen atoms in total. The molecule has 0 bridgehead atoms. The molecule has 1 heterocycles. The Bertz CT molecular complexity index is 96.2. The van der Waals surface area contributed by atoms with Crippen LogP contribution >= 0.6 is 0 Å². The number of alkyl halides is 2. The smallest absolute Gasteiger partial charge is 0.277 e. The maximum absolute atomic E-state index is 11.5. The Balaban J connectivity index is 2.29. The van der Waals surface area contributed by atoms with Gasteiger partial charge in [0.05, 0.1) is 0 Å². The minimum Gasteiger partial charge on any atom is -0.386 e. The van der Waals surface area contributed by atoms with Crippen molar-refractivity contribution >= 4 is 6.21 Å². The summed E-state index contributed by atoms with van der Waals surface area (Å²) in [7, 11) is 0. The summed E-state index contributed by atoms with van der Waals surface area (Å²) in [6.07, 6.45) is -1.82. The first kappa shape index (κ1) is 5.47. The summed E-state index contributed by atoms with van der Waals surface area (Å²) in [6, 6.07) is 0. The van der Waals surface area contributed by atoms with Gasteiger partial charge >= 0.3 is 0 Å². The third-order valence-electron chi connectivity index (χ3n) is 0.890. The van der Waals surface area contributed by atoms with E-state index in [1.165, 1.54) is 6.21 Å². The van der Waals surface area contributed by atoms with Gasteiger partial charge < -0.3 is 4.84 Å². The van der Waals surface area contributed by atoms with E-state index >= 15 is 0 Å². The molecular weight excluding hydrogens is 116 g/mol. The van der Waals surface area contributed by atoms with Crippen molar-refractivity contribution in [2.45, 2.75) is 19.0 Å². The molecule has 1 aliphatic heterocycles. The fraction of sp³-hybridized carbons (Fsp3) is 0.750. The van der Waals surface area contributed by atoms with Gasteiger partial charge in [-0.25, -0.2) is 8.78 Å². The minimum atomic E-state index is -2.41. The van der Waals surface area contributed by atoms with Crippen LogP contribution < -0.4 is 0 Å². The molecule has 0 aromatic carbocycles. The van der Waals surface area contributed by atoms with E-state index in [4.69, 9.17) is 0 Å².